The molecule has 29 heavy (non-hydrogen) atoms. The molecule has 150 valence electrons. The van der Waals surface area contributed by atoms with Crippen LogP contribution >= 0.6 is 0 Å². The van der Waals surface area contributed by atoms with Crippen LogP contribution in [0.15, 0.2) is 30.7 Å². The van der Waals surface area contributed by atoms with Gasteiger partial charge in [-0.25, -0.2) is 13.9 Å². The Labute approximate surface area is 168 Å². The number of anilines is 1. The van der Waals surface area contributed by atoms with Crippen molar-refractivity contribution in [1.29, 1.82) is 0 Å². The molecule has 2 atom stereocenters. The molecule has 2 bridgehead atoms. The molecule has 5 rings (SSSR count). The fourth-order valence-corrected chi connectivity index (χ4v) is 4.47. The molecule has 1 amide bonds. The summed E-state index contributed by atoms with van der Waals surface area (Å²) >= 11 is 0. The van der Waals surface area contributed by atoms with Gasteiger partial charge < -0.3 is 10.2 Å². The monoisotopic (exact) mass is 394 g/mol. The summed E-state index contributed by atoms with van der Waals surface area (Å²) in [5.41, 5.74) is 2.89. The lowest BCUT2D eigenvalue weighted by atomic mass is 9.98. The van der Waals surface area contributed by atoms with E-state index in [2.05, 4.69) is 20.3 Å². The van der Waals surface area contributed by atoms with E-state index >= 15 is 0 Å². The Hall–Kier alpha value is -3.03. The molecule has 0 aliphatic carbocycles. The van der Waals surface area contributed by atoms with Crippen LogP contribution in [-0.2, 0) is 6.42 Å². The molecule has 0 spiro atoms. The van der Waals surface area contributed by atoms with Crippen molar-refractivity contribution in [2.45, 2.75) is 51.1 Å². The molecule has 2 aliphatic heterocycles. The van der Waals surface area contributed by atoms with E-state index in [4.69, 9.17) is 4.98 Å². The number of fused-ring (bicyclic) bond motifs is 5. The summed E-state index contributed by atoms with van der Waals surface area (Å²) in [5, 5.41) is 7.32. The number of amides is 1. The van der Waals surface area contributed by atoms with E-state index in [1.807, 2.05) is 19.2 Å². The minimum atomic E-state index is -0.307. The maximum Gasteiger partial charge on any atom is 0.256 e. The normalized spacial score (nSPS) is 22.3. The number of aromatic nitrogens is 4. The van der Waals surface area contributed by atoms with Crippen molar-refractivity contribution in [3.05, 3.63) is 53.4 Å². The highest BCUT2D eigenvalue weighted by Gasteiger charge is 2.30. The first-order chi connectivity index (χ1) is 14.1. The van der Waals surface area contributed by atoms with Gasteiger partial charge in [-0.05, 0) is 56.7 Å². The summed E-state index contributed by atoms with van der Waals surface area (Å²) in [4.78, 5) is 24.2. The van der Waals surface area contributed by atoms with Crippen LogP contribution in [0.25, 0.3) is 5.65 Å². The summed E-state index contributed by atoms with van der Waals surface area (Å²) in [7, 11) is 0. The van der Waals surface area contributed by atoms with Gasteiger partial charge in [0.15, 0.2) is 5.65 Å². The zero-order valence-electron chi connectivity index (χ0n) is 16.3. The minimum Gasteiger partial charge on any atom is -0.349 e. The van der Waals surface area contributed by atoms with Crippen LogP contribution in [0.3, 0.4) is 0 Å². The Balaban J connectivity index is 1.66. The highest BCUT2D eigenvalue weighted by atomic mass is 19.1. The van der Waals surface area contributed by atoms with Crippen molar-refractivity contribution >= 4 is 17.4 Å². The summed E-state index contributed by atoms with van der Waals surface area (Å²) < 4.78 is 15.7. The average molecular weight is 394 g/mol. The van der Waals surface area contributed by atoms with E-state index in [0.717, 1.165) is 55.7 Å². The van der Waals surface area contributed by atoms with Crippen LogP contribution in [0.4, 0.5) is 10.2 Å². The van der Waals surface area contributed by atoms with E-state index in [1.54, 1.807) is 16.8 Å². The number of carbonyl (C=O) groups excluding carboxylic acids is 1. The maximum atomic E-state index is 14.1. The van der Waals surface area contributed by atoms with Gasteiger partial charge in [0.1, 0.15) is 17.2 Å². The van der Waals surface area contributed by atoms with Crippen LogP contribution in [0.1, 0.15) is 60.3 Å². The lowest BCUT2D eigenvalue weighted by Crippen LogP contribution is -2.33. The largest absolute Gasteiger partial charge is 0.349 e. The van der Waals surface area contributed by atoms with Gasteiger partial charge in [0.2, 0.25) is 0 Å². The summed E-state index contributed by atoms with van der Waals surface area (Å²) in [6.07, 6.45) is 9.05. The lowest BCUT2D eigenvalue weighted by molar-refractivity contribution is 0.0939. The molecule has 0 unspecified atom stereocenters. The second kappa shape index (κ2) is 7.09. The molecular weight excluding hydrogens is 371 g/mol. The zero-order chi connectivity index (χ0) is 20.0. The van der Waals surface area contributed by atoms with Gasteiger partial charge in [-0.15, -0.1) is 0 Å². The molecule has 1 N–H and O–H groups in total. The quantitative estimate of drug-likeness (QED) is 0.634. The molecule has 3 aromatic heterocycles. The Morgan fingerprint density at radius 3 is 3.03 bits per heavy atom. The van der Waals surface area contributed by atoms with E-state index in [-0.39, 0.29) is 23.8 Å². The van der Waals surface area contributed by atoms with Crippen molar-refractivity contribution in [3.63, 3.8) is 0 Å². The number of nitrogens with one attached hydrogen (secondary N) is 1. The number of carbonyl (C=O) groups is 1. The third-order valence-corrected chi connectivity index (χ3v) is 5.90. The predicted octanol–water partition coefficient (Wildman–Crippen LogP) is 3.06. The van der Waals surface area contributed by atoms with Crippen LogP contribution in [0.5, 0.6) is 0 Å². The first-order valence-electron chi connectivity index (χ1n) is 10.2. The Morgan fingerprint density at radius 1 is 1.24 bits per heavy atom. The number of hydrogen-bond acceptors (Lipinski definition) is 5. The summed E-state index contributed by atoms with van der Waals surface area (Å²) in [5.74, 6) is 0.307. The fraction of sp³-hybridized carbons (Fsp3) is 0.429. The topological polar surface area (TPSA) is 75.4 Å². The fourth-order valence-electron chi connectivity index (χ4n) is 4.47. The van der Waals surface area contributed by atoms with Crippen molar-refractivity contribution < 1.29 is 9.18 Å². The van der Waals surface area contributed by atoms with E-state index < -0.39 is 0 Å². The van der Waals surface area contributed by atoms with Crippen LogP contribution < -0.4 is 10.2 Å². The predicted molar refractivity (Wildman–Crippen MR) is 106 cm³/mol. The third kappa shape index (κ3) is 3.22. The van der Waals surface area contributed by atoms with Crippen molar-refractivity contribution in [1.82, 2.24) is 24.9 Å². The summed E-state index contributed by atoms with van der Waals surface area (Å²) in [6, 6.07) is 3.57. The van der Waals surface area contributed by atoms with Crippen molar-refractivity contribution in [3.8, 4) is 0 Å². The van der Waals surface area contributed by atoms with Gasteiger partial charge in [-0.3, -0.25) is 9.78 Å². The molecule has 7 nitrogen and oxygen atoms in total. The number of halogens is 1. The zero-order valence-corrected chi connectivity index (χ0v) is 16.3. The lowest BCUT2D eigenvalue weighted by Gasteiger charge is -2.28. The van der Waals surface area contributed by atoms with Crippen LogP contribution in [-0.4, -0.2) is 38.1 Å². The first kappa shape index (κ1) is 18.0. The van der Waals surface area contributed by atoms with Gasteiger partial charge in [0.25, 0.3) is 5.91 Å². The second-order valence-corrected chi connectivity index (χ2v) is 7.92. The number of rotatable bonds is 0. The molecule has 0 saturated carbocycles. The second-order valence-electron chi connectivity index (χ2n) is 7.92. The molecule has 3 aromatic rings. The SMILES string of the molecule is C[C@@H]1CCCc2ncc(F)cc2[C@H]2CCCN2c2ccn3ncc(c3n2)C(=O)N1. The van der Waals surface area contributed by atoms with Crippen LogP contribution in [0, 0.1) is 5.82 Å². The minimum absolute atomic E-state index is 0.00968. The smallest absolute Gasteiger partial charge is 0.256 e. The highest BCUT2D eigenvalue weighted by molar-refractivity contribution is 5.99. The van der Waals surface area contributed by atoms with Gasteiger partial charge in [0.05, 0.1) is 18.4 Å². The van der Waals surface area contributed by atoms with Gasteiger partial charge in [0, 0.05) is 24.5 Å². The van der Waals surface area contributed by atoms with Gasteiger partial charge >= 0.3 is 0 Å². The van der Waals surface area contributed by atoms with E-state index in [0.29, 0.717) is 11.2 Å². The molecular formula is C21H23FN6O. The number of aryl methyl sites for hydroxylation is 1. The van der Waals surface area contributed by atoms with Crippen molar-refractivity contribution in [2.75, 3.05) is 11.4 Å². The van der Waals surface area contributed by atoms with E-state index in [1.165, 1.54) is 6.20 Å². The average Bonchev–Trinajstić information content (AvgIpc) is 3.35. The molecule has 1 saturated heterocycles. The standard InChI is InChI=1S/C21H23FN6O/c1-13-4-2-5-17-15(10-14(22)11-23-17)18-6-3-8-27(18)19-7-9-28-20(26-19)16(12-24-28)21(29)25-13/h7,9-13,18H,2-6,8H2,1H3,(H,25,29)/t13-,18-/m1/s1. The Kier molecular flexibility index (Phi) is 4.41. The molecule has 8 heteroatoms. The van der Waals surface area contributed by atoms with Crippen LogP contribution in [0.2, 0.25) is 0 Å². The van der Waals surface area contributed by atoms with Gasteiger partial charge in [-0.2, -0.15) is 5.10 Å². The molecule has 1 fully saturated rings. The first-order valence-corrected chi connectivity index (χ1v) is 10.2. The molecule has 5 heterocycles. The van der Waals surface area contributed by atoms with Crippen molar-refractivity contribution in [2.24, 2.45) is 0 Å². The maximum absolute atomic E-state index is 14.1. The third-order valence-electron chi connectivity index (χ3n) is 5.90. The molecule has 0 radical (unpaired) electrons. The number of nitrogens with zero attached hydrogens (tertiary/aromatic N) is 5. The Bertz CT molecular complexity index is 1080. The van der Waals surface area contributed by atoms with E-state index in [9.17, 15) is 9.18 Å². The number of hydrogen-bond donors (Lipinski definition) is 1. The Morgan fingerprint density at radius 2 is 2.14 bits per heavy atom. The number of pyridine rings is 1. The highest BCUT2D eigenvalue weighted by Crippen LogP contribution is 2.37. The molecule has 2 aliphatic rings. The summed E-state index contributed by atoms with van der Waals surface area (Å²) in [6.45, 7) is 2.82. The van der Waals surface area contributed by atoms with Gasteiger partial charge in [-0.1, -0.05) is 0 Å². The molecule has 0 aromatic carbocycles.